The van der Waals surface area contributed by atoms with Gasteiger partial charge in [-0.05, 0) is 51.4 Å². The molecule has 8 unspecified atom stereocenters. The van der Waals surface area contributed by atoms with E-state index in [0.29, 0.717) is 19.3 Å². The minimum Gasteiger partial charge on any atom is -0.454 e. The van der Waals surface area contributed by atoms with Crippen LogP contribution in [0.3, 0.4) is 0 Å². The van der Waals surface area contributed by atoms with E-state index in [9.17, 15) is 35.1 Å². The highest BCUT2D eigenvalue weighted by Gasteiger charge is 2.47. The molecule has 1 fully saturated rings. The number of aliphatic hydroxyl groups excluding tert-OH is 5. The zero-order valence-electron chi connectivity index (χ0n) is 53.9. The number of nitrogens with one attached hydrogen (secondary N) is 1. The van der Waals surface area contributed by atoms with Crippen molar-refractivity contribution in [3.63, 3.8) is 0 Å². The van der Waals surface area contributed by atoms with Crippen LogP contribution in [0.15, 0.2) is 24.3 Å². The molecule has 0 aliphatic carbocycles. The van der Waals surface area contributed by atoms with Crippen molar-refractivity contribution in [3.05, 3.63) is 24.3 Å². The van der Waals surface area contributed by atoms with Gasteiger partial charge in [0.05, 0.1) is 25.4 Å². The molecule has 1 heterocycles. The smallest absolute Gasteiger partial charge is 0.306 e. The van der Waals surface area contributed by atoms with Gasteiger partial charge in [-0.3, -0.25) is 9.59 Å². The highest BCUT2D eigenvalue weighted by molar-refractivity contribution is 5.80. The molecule has 0 saturated carbocycles. The van der Waals surface area contributed by atoms with E-state index >= 15 is 0 Å². The molecule has 82 heavy (non-hydrogen) atoms. The second-order valence-corrected chi connectivity index (χ2v) is 25.0. The van der Waals surface area contributed by atoms with Gasteiger partial charge in [0, 0.05) is 6.42 Å². The Morgan fingerprint density at radius 2 is 0.805 bits per heavy atom. The zero-order chi connectivity index (χ0) is 59.6. The third-order valence-corrected chi connectivity index (χ3v) is 17.1. The summed E-state index contributed by atoms with van der Waals surface area (Å²) in [5.74, 6) is -1.17. The number of carbonyl (C=O) groups is 2. The van der Waals surface area contributed by atoms with E-state index < -0.39 is 67.4 Å². The fraction of sp³-hybridized carbons (Fsp3) is 0.915. The molecule has 0 aromatic rings. The van der Waals surface area contributed by atoms with E-state index in [1.807, 2.05) is 6.08 Å². The molecule has 0 spiro atoms. The van der Waals surface area contributed by atoms with Gasteiger partial charge in [0.2, 0.25) is 5.91 Å². The summed E-state index contributed by atoms with van der Waals surface area (Å²) < 4.78 is 17.7. The lowest BCUT2D eigenvalue weighted by Gasteiger charge is -2.41. The van der Waals surface area contributed by atoms with Crippen LogP contribution in [0.2, 0.25) is 0 Å². The van der Waals surface area contributed by atoms with Gasteiger partial charge in [0.15, 0.2) is 12.4 Å². The molecule has 0 aromatic heterocycles. The molecule has 0 bridgehead atoms. The van der Waals surface area contributed by atoms with Crippen molar-refractivity contribution in [2.24, 2.45) is 0 Å². The molecular formula is C71H135NO10. The number of rotatable bonds is 62. The van der Waals surface area contributed by atoms with Gasteiger partial charge in [-0.2, -0.15) is 0 Å². The van der Waals surface area contributed by atoms with Gasteiger partial charge in [-0.15, -0.1) is 0 Å². The number of hydrogen-bond donors (Lipinski definition) is 6. The number of amides is 1. The topological polar surface area (TPSA) is 175 Å². The maximum absolute atomic E-state index is 13.5. The van der Waals surface area contributed by atoms with Crippen LogP contribution in [0.1, 0.15) is 355 Å². The summed E-state index contributed by atoms with van der Waals surface area (Å²) >= 11 is 0. The summed E-state index contributed by atoms with van der Waals surface area (Å²) in [4.78, 5) is 26.7. The van der Waals surface area contributed by atoms with Crippen molar-refractivity contribution >= 4 is 11.9 Å². The van der Waals surface area contributed by atoms with Crippen molar-refractivity contribution in [1.29, 1.82) is 0 Å². The second kappa shape index (κ2) is 59.5. The first-order valence-corrected chi connectivity index (χ1v) is 35.6. The SMILES string of the molecule is CCCCCCCC/C=C/CCCCCCCCCCCCCCCC(=O)OC1C(OCC(NC(=O)C(O)CCCCCCCCCCCCCCCCCCCC)C(O)/C=C/CCCCCCCCCCCC)OC(CO)C(O)C1O. The average molecular weight is 1160 g/mol. The monoisotopic (exact) mass is 1160 g/mol. The first-order chi connectivity index (χ1) is 40.2. The number of hydrogen-bond acceptors (Lipinski definition) is 10. The number of ether oxygens (including phenoxy) is 3. The lowest BCUT2D eigenvalue weighted by molar-refractivity contribution is -0.305. The fourth-order valence-electron chi connectivity index (χ4n) is 11.5. The highest BCUT2D eigenvalue weighted by Crippen LogP contribution is 2.26. The molecule has 1 aliphatic rings. The standard InChI is InChI=1S/C71H135NO10/c1-4-7-10-13-16-19-22-25-27-29-31-32-33-34-35-37-39-41-44-47-50-53-56-59-66(76)82-69-68(78)67(77)65(60-73)81-71(69)80-61-62(63(74)57-54-51-48-45-42-24-21-18-15-12-9-6-3)72-70(79)64(75)58-55-52-49-46-43-40-38-36-30-28-26-23-20-17-14-11-8-5-2/h25,27,54,57,62-65,67-69,71,73-75,77-78H,4-24,26,28-53,55-56,58-61H2,1-3H3,(H,72,79)/b27-25+,57-54+. The van der Waals surface area contributed by atoms with E-state index in [-0.39, 0.29) is 13.0 Å². The highest BCUT2D eigenvalue weighted by atomic mass is 16.7. The molecular weight excluding hydrogens is 1030 g/mol. The Balaban J connectivity index is 2.56. The quantitative estimate of drug-likeness (QED) is 0.0195. The summed E-state index contributed by atoms with van der Waals surface area (Å²) in [6.07, 6.45) is 60.8. The van der Waals surface area contributed by atoms with Crippen molar-refractivity contribution in [3.8, 4) is 0 Å². The Hall–Kier alpha value is -1.86. The molecule has 0 aromatic carbocycles. The first kappa shape index (κ1) is 78.2. The fourth-order valence-corrected chi connectivity index (χ4v) is 11.5. The Bertz CT molecular complexity index is 1430. The van der Waals surface area contributed by atoms with Crippen LogP contribution in [0.25, 0.3) is 0 Å². The largest absolute Gasteiger partial charge is 0.454 e. The lowest BCUT2D eigenvalue weighted by atomic mass is 9.99. The predicted molar refractivity (Wildman–Crippen MR) is 343 cm³/mol. The predicted octanol–water partition coefficient (Wildman–Crippen LogP) is 18.0. The zero-order valence-corrected chi connectivity index (χ0v) is 53.9. The van der Waals surface area contributed by atoms with Gasteiger partial charge in [-0.1, -0.05) is 321 Å². The molecule has 1 amide bonds. The third kappa shape index (κ3) is 46.4. The van der Waals surface area contributed by atoms with Crippen LogP contribution in [0.5, 0.6) is 0 Å². The summed E-state index contributed by atoms with van der Waals surface area (Å²) in [7, 11) is 0. The Labute approximate surface area is 505 Å². The van der Waals surface area contributed by atoms with E-state index in [4.69, 9.17) is 14.2 Å². The van der Waals surface area contributed by atoms with Crippen molar-refractivity contribution in [1.82, 2.24) is 5.32 Å². The summed E-state index contributed by atoms with van der Waals surface area (Å²) in [6.45, 7) is 5.84. The van der Waals surface area contributed by atoms with Crippen LogP contribution in [-0.4, -0.2) is 99.6 Å². The van der Waals surface area contributed by atoms with Gasteiger partial charge in [0.1, 0.15) is 24.4 Å². The molecule has 6 N–H and O–H groups in total. The number of unbranched alkanes of at least 4 members (excludes halogenated alkanes) is 46. The third-order valence-electron chi connectivity index (χ3n) is 17.1. The second-order valence-electron chi connectivity index (χ2n) is 25.0. The number of esters is 1. The molecule has 484 valence electrons. The minimum atomic E-state index is -1.61. The maximum atomic E-state index is 13.5. The van der Waals surface area contributed by atoms with Gasteiger partial charge in [0.25, 0.3) is 0 Å². The molecule has 1 saturated heterocycles. The molecule has 8 atom stereocenters. The van der Waals surface area contributed by atoms with E-state index in [2.05, 4.69) is 38.2 Å². The average Bonchev–Trinajstić information content (AvgIpc) is 3.44. The Morgan fingerprint density at radius 3 is 1.18 bits per heavy atom. The number of aliphatic hydroxyl groups is 5. The summed E-state index contributed by atoms with van der Waals surface area (Å²) in [5.41, 5.74) is 0. The van der Waals surface area contributed by atoms with E-state index in [1.165, 1.54) is 250 Å². The molecule has 1 aliphatic heterocycles. The summed E-state index contributed by atoms with van der Waals surface area (Å²) in [5, 5.41) is 57.2. The lowest BCUT2D eigenvalue weighted by Crippen LogP contribution is -2.61. The molecule has 11 heteroatoms. The Morgan fingerprint density at radius 1 is 0.463 bits per heavy atom. The maximum Gasteiger partial charge on any atom is 0.306 e. The van der Waals surface area contributed by atoms with E-state index in [0.717, 1.165) is 57.8 Å². The van der Waals surface area contributed by atoms with Gasteiger partial charge < -0.3 is 45.1 Å². The van der Waals surface area contributed by atoms with Gasteiger partial charge >= 0.3 is 5.97 Å². The van der Waals surface area contributed by atoms with Crippen LogP contribution in [-0.2, 0) is 23.8 Å². The van der Waals surface area contributed by atoms with Crippen LogP contribution in [0.4, 0.5) is 0 Å². The Kier molecular flexibility index (Phi) is 56.7. The minimum absolute atomic E-state index is 0.129. The van der Waals surface area contributed by atoms with Crippen molar-refractivity contribution in [2.45, 2.75) is 404 Å². The number of allylic oxidation sites excluding steroid dienone is 3. The van der Waals surface area contributed by atoms with Crippen molar-refractivity contribution in [2.75, 3.05) is 13.2 Å². The normalized spacial score (nSPS) is 18.7. The van der Waals surface area contributed by atoms with Gasteiger partial charge in [-0.25, -0.2) is 0 Å². The molecule has 1 rings (SSSR count). The van der Waals surface area contributed by atoms with Crippen LogP contribution in [0, 0.1) is 0 Å². The number of carbonyl (C=O) groups excluding carboxylic acids is 2. The molecule has 0 radical (unpaired) electrons. The first-order valence-electron chi connectivity index (χ1n) is 35.6. The van der Waals surface area contributed by atoms with Crippen LogP contribution < -0.4 is 5.32 Å². The summed E-state index contributed by atoms with van der Waals surface area (Å²) in [6, 6.07) is -1.02. The van der Waals surface area contributed by atoms with Crippen LogP contribution >= 0.6 is 0 Å². The van der Waals surface area contributed by atoms with Crippen molar-refractivity contribution < 1.29 is 49.3 Å². The molecule has 11 nitrogen and oxygen atoms in total. The van der Waals surface area contributed by atoms with E-state index in [1.54, 1.807) is 6.08 Å².